The van der Waals surface area contributed by atoms with Gasteiger partial charge in [0.25, 0.3) is 0 Å². The molecule has 0 spiro atoms. The molecule has 6 heteroatoms. The number of carboxylic acids is 1. The van der Waals surface area contributed by atoms with Gasteiger partial charge in [-0.2, -0.15) is 0 Å². The fraction of sp³-hybridized carbons (Fsp3) is 0.391. The molecule has 1 aliphatic rings. The van der Waals surface area contributed by atoms with E-state index in [1.807, 2.05) is 42.5 Å². The second-order valence-electron chi connectivity index (χ2n) is 8.26. The molecule has 0 atom stereocenters. The van der Waals surface area contributed by atoms with Gasteiger partial charge in [-0.25, -0.2) is 9.78 Å². The summed E-state index contributed by atoms with van der Waals surface area (Å²) in [6.07, 6.45) is 2.40. The van der Waals surface area contributed by atoms with Gasteiger partial charge in [0.05, 0.1) is 29.0 Å². The maximum atomic E-state index is 11.6. The van der Waals surface area contributed by atoms with Crippen LogP contribution in [0.4, 0.5) is 11.4 Å². The average Bonchev–Trinajstić information content (AvgIpc) is 3.40. The molecule has 6 nitrogen and oxygen atoms in total. The topological polar surface area (TPSA) is 79.2 Å². The molecular weight excluding hydrogens is 364 g/mol. The first-order chi connectivity index (χ1) is 14.0. The Morgan fingerprint density at radius 2 is 1.83 bits per heavy atom. The van der Waals surface area contributed by atoms with Gasteiger partial charge in [-0.15, -0.1) is 0 Å². The van der Waals surface area contributed by atoms with Crippen LogP contribution in [0.5, 0.6) is 0 Å². The Morgan fingerprint density at radius 3 is 2.52 bits per heavy atom. The minimum atomic E-state index is -0.817. The van der Waals surface area contributed by atoms with E-state index in [1.54, 1.807) is 0 Å². The SMILES string of the molecule is CC(C)CCn1c(CNc2ccccc2NC2(C(=O)O)CC2)nc2ccccc21. The zero-order valence-electron chi connectivity index (χ0n) is 17.0. The van der Waals surface area contributed by atoms with Crippen molar-refractivity contribution in [1.82, 2.24) is 9.55 Å². The summed E-state index contributed by atoms with van der Waals surface area (Å²) >= 11 is 0. The number of aromatic nitrogens is 2. The summed E-state index contributed by atoms with van der Waals surface area (Å²) < 4.78 is 2.29. The van der Waals surface area contributed by atoms with Crippen molar-refractivity contribution in [3.8, 4) is 0 Å². The number of fused-ring (bicyclic) bond motifs is 1. The number of hydrogen-bond acceptors (Lipinski definition) is 4. The van der Waals surface area contributed by atoms with Gasteiger partial charge in [-0.3, -0.25) is 0 Å². The molecule has 1 aliphatic carbocycles. The number of hydrogen-bond donors (Lipinski definition) is 3. The van der Waals surface area contributed by atoms with E-state index in [4.69, 9.17) is 4.98 Å². The molecule has 0 saturated heterocycles. The van der Waals surface area contributed by atoms with E-state index in [1.165, 1.54) is 0 Å². The summed E-state index contributed by atoms with van der Waals surface area (Å²) in [7, 11) is 0. The molecule has 0 amide bonds. The van der Waals surface area contributed by atoms with Gasteiger partial charge in [0.1, 0.15) is 11.4 Å². The maximum absolute atomic E-state index is 11.6. The number of benzene rings is 2. The van der Waals surface area contributed by atoms with E-state index in [0.717, 1.165) is 41.2 Å². The van der Waals surface area contributed by atoms with Crippen molar-refractivity contribution < 1.29 is 9.90 Å². The number of imidazole rings is 1. The molecule has 3 N–H and O–H groups in total. The molecule has 1 fully saturated rings. The molecule has 152 valence electrons. The lowest BCUT2D eigenvalue weighted by atomic mass is 10.1. The van der Waals surface area contributed by atoms with Gasteiger partial charge in [0, 0.05) is 6.54 Å². The summed E-state index contributed by atoms with van der Waals surface area (Å²) in [5.74, 6) is 0.816. The van der Waals surface area contributed by atoms with Crippen molar-refractivity contribution in [2.24, 2.45) is 5.92 Å². The first-order valence-electron chi connectivity index (χ1n) is 10.3. The van der Waals surface area contributed by atoms with Crippen molar-refractivity contribution in [2.75, 3.05) is 10.6 Å². The second kappa shape index (κ2) is 7.78. The van der Waals surface area contributed by atoms with E-state index < -0.39 is 11.5 Å². The number of carboxylic acid groups (broad SMARTS) is 1. The predicted molar refractivity (Wildman–Crippen MR) is 116 cm³/mol. The van der Waals surface area contributed by atoms with Crippen LogP contribution in [0.2, 0.25) is 0 Å². The number of carbonyl (C=O) groups is 1. The highest BCUT2D eigenvalue weighted by Crippen LogP contribution is 2.40. The van der Waals surface area contributed by atoms with Gasteiger partial charge in [0.15, 0.2) is 0 Å². The van der Waals surface area contributed by atoms with Crippen LogP contribution in [-0.2, 0) is 17.9 Å². The highest BCUT2D eigenvalue weighted by Gasteiger charge is 2.50. The largest absolute Gasteiger partial charge is 0.480 e. The molecular formula is C23H28N4O2. The van der Waals surface area contributed by atoms with Crippen molar-refractivity contribution >= 4 is 28.4 Å². The third kappa shape index (κ3) is 4.06. The van der Waals surface area contributed by atoms with Gasteiger partial charge in [0.2, 0.25) is 0 Å². The van der Waals surface area contributed by atoms with E-state index in [2.05, 4.69) is 35.1 Å². The molecule has 0 bridgehead atoms. The minimum absolute atomic E-state index is 0.575. The van der Waals surface area contributed by atoms with Gasteiger partial charge >= 0.3 is 5.97 Å². The Bertz CT molecular complexity index is 1020. The third-order valence-electron chi connectivity index (χ3n) is 5.56. The van der Waals surface area contributed by atoms with Crippen LogP contribution in [0.25, 0.3) is 11.0 Å². The molecule has 3 aromatic rings. The van der Waals surface area contributed by atoms with Crippen LogP contribution in [-0.4, -0.2) is 26.2 Å². The van der Waals surface area contributed by atoms with Crippen LogP contribution >= 0.6 is 0 Å². The van der Waals surface area contributed by atoms with Crippen LogP contribution in [0, 0.1) is 5.92 Å². The number of rotatable bonds is 9. The second-order valence-corrected chi connectivity index (χ2v) is 8.26. The maximum Gasteiger partial charge on any atom is 0.329 e. The Balaban J connectivity index is 1.56. The van der Waals surface area contributed by atoms with E-state index >= 15 is 0 Å². The smallest absolute Gasteiger partial charge is 0.329 e. The monoisotopic (exact) mass is 392 g/mol. The van der Waals surface area contributed by atoms with Crippen molar-refractivity contribution in [2.45, 2.75) is 51.7 Å². The number of nitrogens with zero attached hydrogens (tertiary/aromatic N) is 2. The van der Waals surface area contributed by atoms with Crippen molar-refractivity contribution in [1.29, 1.82) is 0 Å². The number of anilines is 2. The number of aliphatic carboxylic acids is 1. The highest BCUT2D eigenvalue weighted by atomic mass is 16.4. The Morgan fingerprint density at radius 1 is 1.14 bits per heavy atom. The summed E-state index contributed by atoms with van der Waals surface area (Å²) in [6, 6.07) is 16.0. The molecule has 1 aromatic heterocycles. The molecule has 0 unspecified atom stereocenters. The number of aryl methyl sites for hydroxylation is 1. The zero-order chi connectivity index (χ0) is 20.4. The van der Waals surface area contributed by atoms with Gasteiger partial charge < -0.3 is 20.3 Å². The quantitative estimate of drug-likeness (QED) is 0.491. The first-order valence-corrected chi connectivity index (χ1v) is 10.3. The Labute approximate surface area is 171 Å². The molecule has 1 saturated carbocycles. The third-order valence-corrected chi connectivity index (χ3v) is 5.56. The fourth-order valence-corrected chi connectivity index (χ4v) is 3.59. The van der Waals surface area contributed by atoms with Crippen molar-refractivity contribution in [3.05, 3.63) is 54.4 Å². The standard InChI is InChI=1S/C23H28N4O2/c1-16(2)11-14-27-20-10-6-5-9-19(20)25-21(27)15-24-17-7-3-4-8-18(17)26-23(12-13-23)22(28)29/h3-10,16,24,26H,11-15H2,1-2H3,(H,28,29). The molecule has 2 aromatic carbocycles. The summed E-state index contributed by atoms with van der Waals surface area (Å²) in [4.78, 5) is 16.4. The highest BCUT2D eigenvalue weighted by molar-refractivity contribution is 5.88. The first kappa shape index (κ1) is 19.3. The summed E-state index contributed by atoms with van der Waals surface area (Å²) in [6.45, 7) is 5.97. The zero-order valence-corrected chi connectivity index (χ0v) is 17.0. The van der Waals surface area contributed by atoms with E-state index in [-0.39, 0.29) is 0 Å². The Hall–Kier alpha value is -3.02. The fourth-order valence-electron chi connectivity index (χ4n) is 3.59. The van der Waals surface area contributed by atoms with Gasteiger partial charge in [-0.05, 0) is 49.4 Å². The average molecular weight is 393 g/mol. The lowest BCUT2D eigenvalue weighted by molar-refractivity contribution is -0.138. The Kier molecular flexibility index (Phi) is 5.18. The lowest BCUT2D eigenvalue weighted by Gasteiger charge is -2.18. The predicted octanol–water partition coefficient (Wildman–Crippen LogP) is 4.72. The molecule has 29 heavy (non-hydrogen) atoms. The summed E-state index contributed by atoms with van der Waals surface area (Å²) in [5.41, 5.74) is 3.04. The minimum Gasteiger partial charge on any atom is -0.480 e. The van der Waals surface area contributed by atoms with E-state index in [0.29, 0.717) is 25.3 Å². The lowest BCUT2D eigenvalue weighted by Crippen LogP contribution is -2.31. The molecule has 0 radical (unpaired) electrons. The van der Waals surface area contributed by atoms with Crippen LogP contribution in [0.1, 0.15) is 38.9 Å². The molecule has 0 aliphatic heterocycles. The normalized spacial score (nSPS) is 14.9. The van der Waals surface area contributed by atoms with Crippen LogP contribution < -0.4 is 10.6 Å². The van der Waals surface area contributed by atoms with Gasteiger partial charge in [-0.1, -0.05) is 38.1 Å². The molecule has 1 heterocycles. The summed E-state index contributed by atoms with van der Waals surface area (Å²) in [5, 5.41) is 16.2. The van der Waals surface area contributed by atoms with Crippen LogP contribution in [0.15, 0.2) is 48.5 Å². The number of para-hydroxylation sites is 4. The van der Waals surface area contributed by atoms with Crippen molar-refractivity contribution in [3.63, 3.8) is 0 Å². The van der Waals surface area contributed by atoms with Crippen LogP contribution in [0.3, 0.4) is 0 Å². The van der Waals surface area contributed by atoms with E-state index in [9.17, 15) is 9.90 Å². The number of nitrogens with one attached hydrogen (secondary N) is 2. The molecule has 4 rings (SSSR count).